The molecule has 20 heavy (non-hydrogen) atoms. The van der Waals surface area contributed by atoms with Gasteiger partial charge in [-0.3, -0.25) is 4.79 Å². The molecule has 4 rings (SSSR count). The molecule has 1 aromatic carbocycles. The highest BCUT2D eigenvalue weighted by molar-refractivity contribution is 5.87. The monoisotopic (exact) mass is 268 g/mol. The third kappa shape index (κ3) is 1.48. The molecule has 3 aliphatic rings. The molecule has 0 spiro atoms. The summed E-state index contributed by atoms with van der Waals surface area (Å²) >= 11 is 0. The van der Waals surface area contributed by atoms with Crippen molar-refractivity contribution in [3.8, 4) is 5.75 Å². The first-order chi connectivity index (χ1) is 9.59. The lowest BCUT2D eigenvalue weighted by Crippen LogP contribution is -2.40. The maximum atomic E-state index is 12.2. The van der Waals surface area contributed by atoms with Crippen molar-refractivity contribution in [2.75, 3.05) is 0 Å². The average molecular weight is 268 g/mol. The minimum Gasteiger partial charge on any atom is -0.508 e. The van der Waals surface area contributed by atoms with E-state index in [-0.39, 0.29) is 5.41 Å². The minimum absolute atomic E-state index is 0.0834. The summed E-state index contributed by atoms with van der Waals surface area (Å²) < 4.78 is 0. The zero-order chi connectivity index (χ0) is 13.9. The van der Waals surface area contributed by atoms with Gasteiger partial charge in [0, 0.05) is 11.8 Å². The molecule has 2 saturated carbocycles. The van der Waals surface area contributed by atoms with Gasteiger partial charge in [0.1, 0.15) is 11.5 Å². The van der Waals surface area contributed by atoms with Gasteiger partial charge in [0.25, 0.3) is 0 Å². The Hall–Kier alpha value is -1.57. The molecule has 1 aromatic rings. The van der Waals surface area contributed by atoms with Crippen LogP contribution < -0.4 is 0 Å². The van der Waals surface area contributed by atoms with E-state index in [9.17, 15) is 9.90 Å². The van der Waals surface area contributed by atoms with Crippen molar-refractivity contribution in [1.29, 1.82) is 0 Å². The molecular formula is C18H20O2. The molecule has 0 heterocycles. The third-order valence-corrected chi connectivity index (χ3v) is 6.01. The standard InChI is InChI=1S/C18H20O2/c1-18-9-8-14-13-5-3-12(19)10-11(13)2-4-15(14)16(18)6-7-17(18)20/h2-5,10,14-16,19H,6-9H2,1H3/t14-,15-,16-,18+/m1/s1. The van der Waals surface area contributed by atoms with Crippen LogP contribution in [0, 0.1) is 17.3 Å². The maximum absolute atomic E-state index is 12.2. The van der Waals surface area contributed by atoms with Crippen LogP contribution in [0.2, 0.25) is 0 Å². The second-order valence-electron chi connectivity index (χ2n) is 6.88. The number of Topliss-reactive ketones (excluding diaryl/α,β-unsaturated/α-hetero) is 1. The van der Waals surface area contributed by atoms with Crippen LogP contribution in [0.4, 0.5) is 0 Å². The number of benzene rings is 1. The fourth-order valence-electron chi connectivity index (χ4n) is 4.86. The van der Waals surface area contributed by atoms with Crippen molar-refractivity contribution in [3.63, 3.8) is 0 Å². The Morgan fingerprint density at radius 1 is 1.30 bits per heavy atom. The Morgan fingerprint density at radius 2 is 2.15 bits per heavy atom. The lowest BCUT2D eigenvalue weighted by atomic mass is 9.57. The Morgan fingerprint density at radius 3 is 3.00 bits per heavy atom. The third-order valence-electron chi connectivity index (χ3n) is 6.01. The highest BCUT2D eigenvalue weighted by Crippen LogP contribution is 2.58. The van der Waals surface area contributed by atoms with Gasteiger partial charge in [-0.2, -0.15) is 0 Å². The fourth-order valence-corrected chi connectivity index (χ4v) is 4.86. The van der Waals surface area contributed by atoms with E-state index in [4.69, 9.17) is 0 Å². The number of fused-ring (bicyclic) bond motifs is 5. The number of carbonyl (C=O) groups is 1. The fraction of sp³-hybridized carbons (Fsp3) is 0.500. The van der Waals surface area contributed by atoms with E-state index in [1.165, 1.54) is 5.56 Å². The van der Waals surface area contributed by atoms with Crippen molar-refractivity contribution in [1.82, 2.24) is 0 Å². The van der Waals surface area contributed by atoms with Crippen LogP contribution in [0.25, 0.3) is 6.08 Å². The molecule has 3 aliphatic carbocycles. The first-order valence-electron chi connectivity index (χ1n) is 7.64. The van der Waals surface area contributed by atoms with Gasteiger partial charge >= 0.3 is 0 Å². The predicted octanol–water partition coefficient (Wildman–Crippen LogP) is 3.90. The molecule has 4 atom stereocenters. The summed E-state index contributed by atoms with van der Waals surface area (Å²) in [4.78, 5) is 12.2. The Balaban J connectivity index is 1.77. The number of hydrogen-bond acceptors (Lipinski definition) is 2. The van der Waals surface area contributed by atoms with Crippen LogP contribution in [0.15, 0.2) is 24.3 Å². The summed E-state index contributed by atoms with van der Waals surface area (Å²) in [5.41, 5.74) is 2.43. The molecule has 0 unspecified atom stereocenters. The summed E-state index contributed by atoms with van der Waals surface area (Å²) in [6.07, 6.45) is 8.37. The zero-order valence-electron chi connectivity index (χ0n) is 11.8. The quantitative estimate of drug-likeness (QED) is 0.775. The largest absolute Gasteiger partial charge is 0.508 e. The van der Waals surface area contributed by atoms with E-state index in [0.717, 1.165) is 31.2 Å². The van der Waals surface area contributed by atoms with E-state index in [1.54, 1.807) is 6.07 Å². The zero-order valence-corrected chi connectivity index (χ0v) is 11.8. The Labute approximate surface area is 119 Å². The number of phenolic OH excluding ortho intramolecular Hbond substituents is 1. The lowest BCUT2D eigenvalue weighted by molar-refractivity contribution is -0.128. The number of carbonyl (C=O) groups excluding carboxylic acids is 1. The topological polar surface area (TPSA) is 37.3 Å². The van der Waals surface area contributed by atoms with Crippen molar-refractivity contribution < 1.29 is 9.90 Å². The molecule has 0 amide bonds. The van der Waals surface area contributed by atoms with Crippen LogP contribution in [0.1, 0.15) is 49.7 Å². The average Bonchev–Trinajstić information content (AvgIpc) is 2.74. The number of allylic oxidation sites excluding steroid dienone is 1. The second kappa shape index (κ2) is 3.97. The molecule has 0 saturated heterocycles. The van der Waals surface area contributed by atoms with Crippen molar-refractivity contribution in [2.24, 2.45) is 17.3 Å². The van der Waals surface area contributed by atoms with Crippen molar-refractivity contribution >= 4 is 11.9 Å². The number of phenols is 1. The van der Waals surface area contributed by atoms with Gasteiger partial charge in [0.05, 0.1) is 0 Å². The van der Waals surface area contributed by atoms with E-state index in [1.807, 2.05) is 6.07 Å². The molecule has 104 valence electrons. The molecule has 0 aromatic heterocycles. The summed E-state index contributed by atoms with van der Waals surface area (Å²) in [5.74, 6) is 2.35. The van der Waals surface area contributed by atoms with E-state index in [2.05, 4.69) is 25.1 Å². The maximum Gasteiger partial charge on any atom is 0.139 e. The lowest BCUT2D eigenvalue weighted by Gasteiger charge is -2.46. The van der Waals surface area contributed by atoms with Crippen LogP contribution >= 0.6 is 0 Å². The number of hydrogen-bond donors (Lipinski definition) is 1. The molecule has 2 heteroatoms. The molecule has 2 fully saturated rings. The van der Waals surface area contributed by atoms with Crippen molar-refractivity contribution in [2.45, 2.75) is 38.5 Å². The molecule has 0 bridgehead atoms. The second-order valence-corrected chi connectivity index (χ2v) is 6.88. The predicted molar refractivity (Wildman–Crippen MR) is 78.4 cm³/mol. The van der Waals surface area contributed by atoms with Gasteiger partial charge in [0.2, 0.25) is 0 Å². The first kappa shape index (κ1) is 12.2. The van der Waals surface area contributed by atoms with Crippen LogP contribution in [-0.2, 0) is 4.79 Å². The highest BCUT2D eigenvalue weighted by atomic mass is 16.3. The van der Waals surface area contributed by atoms with Crippen LogP contribution in [-0.4, -0.2) is 10.9 Å². The highest BCUT2D eigenvalue weighted by Gasteiger charge is 2.53. The smallest absolute Gasteiger partial charge is 0.139 e. The summed E-state index contributed by atoms with van der Waals surface area (Å²) in [6.45, 7) is 2.18. The minimum atomic E-state index is -0.0834. The summed E-state index contributed by atoms with van der Waals surface area (Å²) in [6, 6.07) is 5.73. The number of aromatic hydroxyl groups is 1. The van der Waals surface area contributed by atoms with Crippen LogP contribution in [0.3, 0.4) is 0 Å². The van der Waals surface area contributed by atoms with Gasteiger partial charge in [-0.1, -0.05) is 25.1 Å². The van der Waals surface area contributed by atoms with Gasteiger partial charge < -0.3 is 5.11 Å². The van der Waals surface area contributed by atoms with E-state index < -0.39 is 0 Å². The number of rotatable bonds is 0. The summed E-state index contributed by atoms with van der Waals surface area (Å²) in [7, 11) is 0. The molecule has 0 aliphatic heterocycles. The van der Waals surface area contributed by atoms with Gasteiger partial charge in [-0.15, -0.1) is 0 Å². The first-order valence-corrected chi connectivity index (χ1v) is 7.64. The normalized spacial score (nSPS) is 38.2. The Kier molecular flexibility index (Phi) is 2.42. The van der Waals surface area contributed by atoms with Gasteiger partial charge in [-0.25, -0.2) is 0 Å². The molecule has 2 nitrogen and oxygen atoms in total. The molecular weight excluding hydrogens is 248 g/mol. The van der Waals surface area contributed by atoms with E-state index in [0.29, 0.717) is 29.3 Å². The van der Waals surface area contributed by atoms with Gasteiger partial charge in [-0.05, 0) is 60.3 Å². The van der Waals surface area contributed by atoms with E-state index >= 15 is 0 Å². The Bertz CT molecular complexity index is 616. The van der Waals surface area contributed by atoms with Gasteiger partial charge in [0.15, 0.2) is 0 Å². The van der Waals surface area contributed by atoms with Crippen molar-refractivity contribution in [3.05, 3.63) is 35.4 Å². The molecule has 1 N–H and O–H groups in total. The van der Waals surface area contributed by atoms with Crippen LogP contribution in [0.5, 0.6) is 5.75 Å². The number of ketones is 1. The SMILES string of the molecule is C[C@]12CC[C@@H]3c4ccc(O)cc4C=C[C@H]3[C@H]1CCC2=O. The summed E-state index contributed by atoms with van der Waals surface area (Å²) in [5, 5.41) is 9.63. The molecule has 0 radical (unpaired) electrons.